The Morgan fingerprint density at radius 1 is 0.679 bits per heavy atom. The van der Waals surface area contributed by atoms with Crippen LogP contribution < -0.4 is 0 Å². The fourth-order valence-corrected chi connectivity index (χ4v) is 3.94. The molecule has 2 rings (SSSR count). The number of aryl methyl sites for hydroxylation is 2. The minimum Gasteiger partial charge on any atom is -0.744 e. The van der Waals surface area contributed by atoms with Gasteiger partial charge < -0.3 is 9.11 Å². The highest BCUT2D eigenvalue weighted by Gasteiger charge is 2.18. The Kier molecular flexibility index (Phi) is 5.79. The molecule has 2 aromatic carbocycles. The normalized spacial score (nSPS) is 11.9. The van der Waals surface area contributed by atoms with Gasteiger partial charge in [0.2, 0.25) is 0 Å². The van der Waals surface area contributed by atoms with Gasteiger partial charge in [0.05, 0.1) is 19.6 Å². The summed E-state index contributed by atoms with van der Waals surface area (Å²) in [6, 6.07) is 4.77. The molecule has 0 radical (unpaired) electrons. The zero-order chi connectivity index (χ0) is 21.3. The van der Waals surface area contributed by atoms with E-state index in [-0.39, 0.29) is 11.1 Å². The van der Waals surface area contributed by atoms with Crippen LogP contribution in [0.5, 0.6) is 0 Å². The molecule has 0 aliphatic heterocycles. The lowest BCUT2D eigenvalue weighted by Crippen LogP contribution is -2.08. The van der Waals surface area contributed by atoms with E-state index >= 15 is 0 Å². The van der Waals surface area contributed by atoms with E-state index in [1.807, 2.05) is 0 Å². The van der Waals surface area contributed by atoms with Crippen LogP contribution in [-0.4, -0.2) is 35.8 Å². The third kappa shape index (κ3) is 4.86. The summed E-state index contributed by atoms with van der Waals surface area (Å²) in [7, 11) is -10.0. The third-order valence-electron chi connectivity index (χ3n) is 3.71. The average molecular weight is 430 g/mol. The molecule has 0 saturated carbocycles. The number of nitro benzene ring substituents is 2. The lowest BCUT2D eigenvalue weighted by atomic mass is 10.0. The highest BCUT2D eigenvalue weighted by molar-refractivity contribution is 7.86. The molecule has 0 fully saturated rings. The quantitative estimate of drug-likeness (QED) is 0.347. The minimum absolute atomic E-state index is 0.287. The number of nitrogens with zero attached hydrogens (tertiary/aromatic N) is 2. The summed E-state index contributed by atoms with van der Waals surface area (Å²) >= 11 is 0. The Hall–Kier alpha value is -2.94. The first kappa shape index (κ1) is 21.4. The van der Waals surface area contributed by atoms with Crippen molar-refractivity contribution in [3.05, 3.63) is 67.8 Å². The maximum Gasteiger partial charge on any atom is 0.269 e. The first-order valence-corrected chi connectivity index (χ1v) is 10.1. The lowest BCUT2D eigenvalue weighted by molar-refractivity contribution is -0.385. The number of non-ortho nitro benzene ring substituents is 2. The van der Waals surface area contributed by atoms with E-state index in [1.54, 1.807) is 0 Å². The molecule has 12 nitrogen and oxygen atoms in total. The fraction of sp³-hybridized carbons (Fsp3) is 0.143. The monoisotopic (exact) mass is 430 g/mol. The van der Waals surface area contributed by atoms with Crippen molar-refractivity contribution >= 4 is 31.6 Å². The molecule has 14 heteroatoms. The van der Waals surface area contributed by atoms with Gasteiger partial charge in [-0.3, -0.25) is 20.2 Å². The van der Waals surface area contributed by atoms with E-state index in [4.69, 9.17) is 0 Å². The molecule has 28 heavy (non-hydrogen) atoms. The Balaban J connectivity index is 2.54. The van der Waals surface area contributed by atoms with Crippen LogP contribution in [0, 0.1) is 20.2 Å². The molecule has 0 spiro atoms. The summed E-state index contributed by atoms with van der Waals surface area (Å²) < 4.78 is 68.1. The molecule has 0 aliphatic carbocycles. The zero-order valence-electron chi connectivity index (χ0n) is 13.7. The van der Waals surface area contributed by atoms with Crippen molar-refractivity contribution in [3.8, 4) is 0 Å². The van der Waals surface area contributed by atoms with Crippen molar-refractivity contribution in [1.82, 2.24) is 0 Å². The first-order chi connectivity index (χ1) is 12.8. The molecular formula is C14H10N2O10S2-2. The van der Waals surface area contributed by atoms with Gasteiger partial charge in [-0.05, 0) is 36.1 Å². The second-order valence-electron chi connectivity index (χ2n) is 5.51. The van der Waals surface area contributed by atoms with Crippen LogP contribution in [-0.2, 0) is 33.1 Å². The van der Waals surface area contributed by atoms with Gasteiger partial charge in [0, 0.05) is 24.3 Å². The molecule has 0 heterocycles. The second kappa shape index (κ2) is 7.59. The van der Waals surface area contributed by atoms with Crippen LogP contribution in [0.15, 0.2) is 46.2 Å². The van der Waals surface area contributed by atoms with E-state index in [0.717, 1.165) is 36.4 Å². The smallest absolute Gasteiger partial charge is 0.269 e. The standard InChI is InChI=1S/C14H12N2O10S2/c17-15(18)11-3-5-13(27(21,22)23)9(7-11)1-2-10-8-12(16(19)20)4-6-14(10)28(24,25)26/h3-8H,1-2H2,(H,21,22,23)(H,24,25,26)/p-2. The maximum atomic E-state index is 11.4. The molecule has 0 bridgehead atoms. The highest BCUT2D eigenvalue weighted by Crippen LogP contribution is 2.26. The summed E-state index contributed by atoms with van der Waals surface area (Å²) in [6.45, 7) is 0. The average Bonchev–Trinajstić information content (AvgIpc) is 2.57. The summed E-state index contributed by atoms with van der Waals surface area (Å²) in [5, 5.41) is 21.8. The number of hydrogen-bond acceptors (Lipinski definition) is 10. The minimum atomic E-state index is -5.00. The van der Waals surface area contributed by atoms with E-state index in [2.05, 4.69) is 0 Å². The zero-order valence-corrected chi connectivity index (χ0v) is 15.3. The van der Waals surface area contributed by atoms with Crippen LogP contribution in [0.4, 0.5) is 11.4 Å². The molecule has 0 saturated heterocycles. The molecule has 2 aromatic rings. The largest absolute Gasteiger partial charge is 0.744 e. The van der Waals surface area contributed by atoms with E-state index in [9.17, 15) is 46.2 Å². The van der Waals surface area contributed by atoms with Gasteiger partial charge in [0.15, 0.2) is 0 Å². The Labute approximate surface area is 158 Å². The Morgan fingerprint density at radius 3 is 1.25 bits per heavy atom. The fourth-order valence-electron chi connectivity index (χ4n) is 2.51. The predicted molar refractivity (Wildman–Crippen MR) is 89.5 cm³/mol. The number of nitro groups is 2. The van der Waals surface area contributed by atoms with Gasteiger partial charge in [-0.15, -0.1) is 0 Å². The van der Waals surface area contributed by atoms with Crippen molar-refractivity contribution in [3.63, 3.8) is 0 Å². The molecule has 150 valence electrons. The van der Waals surface area contributed by atoms with E-state index in [1.165, 1.54) is 0 Å². The lowest BCUT2D eigenvalue weighted by Gasteiger charge is -2.15. The molecule has 0 unspecified atom stereocenters. The van der Waals surface area contributed by atoms with Crippen molar-refractivity contribution in [2.45, 2.75) is 22.6 Å². The molecule has 0 aliphatic rings. The van der Waals surface area contributed by atoms with Crippen LogP contribution in [0.3, 0.4) is 0 Å². The third-order valence-corrected chi connectivity index (χ3v) is 5.59. The predicted octanol–water partition coefficient (Wildman–Crippen LogP) is 1.10. The summed E-state index contributed by atoms with van der Waals surface area (Å²) in [4.78, 5) is 18.6. The van der Waals surface area contributed by atoms with Crippen molar-refractivity contribution in [2.75, 3.05) is 0 Å². The molecular weight excluding hydrogens is 420 g/mol. The number of benzene rings is 2. The molecule has 0 N–H and O–H groups in total. The van der Waals surface area contributed by atoms with Crippen molar-refractivity contribution < 1.29 is 35.8 Å². The van der Waals surface area contributed by atoms with Crippen LogP contribution in [0.25, 0.3) is 0 Å². The van der Waals surface area contributed by atoms with Gasteiger partial charge >= 0.3 is 0 Å². The molecule has 0 atom stereocenters. The maximum absolute atomic E-state index is 11.4. The Bertz CT molecular complexity index is 1080. The van der Waals surface area contributed by atoms with E-state index < -0.39 is 64.1 Å². The van der Waals surface area contributed by atoms with Crippen molar-refractivity contribution in [1.29, 1.82) is 0 Å². The highest BCUT2D eigenvalue weighted by atomic mass is 32.2. The topological polar surface area (TPSA) is 201 Å². The SMILES string of the molecule is O=[N+]([O-])c1ccc(S(=O)(=O)[O-])c(CCc2cc([N+](=O)[O-])ccc2S(=O)(=O)[O-])c1. The van der Waals surface area contributed by atoms with Gasteiger partial charge in [0.1, 0.15) is 20.2 Å². The molecule has 0 amide bonds. The number of hydrogen-bond donors (Lipinski definition) is 0. The van der Waals surface area contributed by atoms with Gasteiger partial charge in [-0.1, -0.05) is 0 Å². The summed E-state index contributed by atoms with van der Waals surface area (Å²) in [5.74, 6) is 0. The second-order valence-corrected chi connectivity index (χ2v) is 8.20. The van der Waals surface area contributed by atoms with Gasteiger partial charge in [-0.2, -0.15) is 0 Å². The Morgan fingerprint density at radius 2 is 1.00 bits per heavy atom. The van der Waals surface area contributed by atoms with E-state index in [0.29, 0.717) is 0 Å². The van der Waals surface area contributed by atoms with Gasteiger partial charge in [-0.25, -0.2) is 16.8 Å². The van der Waals surface area contributed by atoms with Crippen LogP contribution >= 0.6 is 0 Å². The summed E-state index contributed by atoms with van der Waals surface area (Å²) in [5.41, 5.74) is -1.61. The summed E-state index contributed by atoms with van der Waals surface area (Å²) in [6.07, 6.45) is -0.801. The van der Waals surface area contributed by atoms with Crippen LogP contribution in [0.2, 0.25) is 0 Å². The number of rotatable bonds is 7. The van der Waals surface area contributed by atoms with Crippen LogP contribution in [0.1, 0.15) is 11.1 Å². The van der Waals surface area contributed by atoms with Crippen molar-refractivity contribution in [2.24, 2.45) is 0 Å². The molecule has 0 aromatic heterocycles. The van der Waals surface area contributed by atoms with Gasteiger partial charge in [0.25, 0.3) is 11.4 Å². The first-order valence-electron chi connectivity index (χ1n) is 7.27.